The first-order valence-electron chi connectivity index (χ1n) is 16.0. The fraction of sp³-hybridized carbons (Fsp3) is 0.906. The third-order valence-corrected chi connectivity index (χ3v) is 10.4. The maximum absolute atomic E-state index is 13.7. The van der Waals surface area contributed by atoms with Crippen molar-refractivity contribution in [2.75, 3.05) is 14.1 Å². The SMILES string of the molecule is CC[C@H]1OC(=O)O[C@@]1(C)[C@@H]1OC(=O)[C@H](C)[C@@H](O)[C@H](C)[C@@H](O[C@@H]2O[C@H](C)C[C@H](N(C)C)[C@H]2OC(C)=O)[C@@]2(C)C[C@@H](C)[C@H](O2)[C@@H]1C. The number of hydrogen-bond donors (Lipinski definition) is 1. The van der Waals surface area contributed by atoms with Gasteiger partial charge in [0.15, 0.2) is 18.0 Å². The molecule has 12 heteroatoms. The Bertz CT molecular complexity index is 1070. The van der Waals surface area contributed by atoms with Crippen LogP contribution in [-0.2, 0) is 42.7 Å². The van der Waals surface area contributed by atoms with E-state index in [1.54, 1.807) is 13.8 Å². The van der Waals surface area contributed by atoms with Gasteiger partial charge in [-0.25, -0.2) is 4.79 Å². The molecule has 0 spiro atoms. The Kier molecular flexibility index (Phi) is 10.3. The second-order valence-corrected chi connectivity index (χ2v) is 14.2. The number of aliphatic hydroxyl groups is 1. The maximum atomic E-state index is 13.7. The van der Waals surface area contributed by atoms with Crippen molar-refractivity contribution in [2.24, 2.45) is 23.7 Å². The zero-order valence-corrected chi connectivity index (χ0v) is 28.1. The van der Waals surface area contributed by atoms with Crippen molar-refractivity contribution in [3.8, 4) is 0 Å². The predicted molar refractivity (Wildman–Crippen MR) is 157 cm³/mol. The molecule has 4 aliphatic heterocycles. The first-order chi connectivity index (χ1) is 20.4. The number of cyclic esters (lactones) is 3. The van der Waals surface area contributed by atoms with Crippen molar-refractivity contribution in [1.29, 1.82) is 0 Å². The van der Waals surface area contributed by atoms with Crippen LogP contribution in [0.2, 0.25) is 0 Å². The van der Waals surface area contributed by atoms with Crippen LogP contribution in [0.15, 0.2) is 0 Å². The molecule has 4 heterocycles. The van der Waals surface area contributed by atoms with Crippen molar-refractivity contribution >= 4 is 18.1 Å². The highest BCUT2D eigenvalue weighted by molar-refractivity contribution is 5.73. The van der Waals surface area contributed by atoms with Crippen molar-refractivity contribution < 1.29 is 52.6 Å². The first-order valence-corrected chi connectivity index (χ1v) is 16.0. The summed E-state index contributed by atoms with van der Waals surface area (Å²) in [5.41, 5.74) is -2.18. The summed E-state index contributed by atoms with van der Waals surface area (Å²) in [4.78, 5) is 40.2. The van der Waals surface area contributed by atoms with Crippen LogP contribution in [0.25, 0.3) is 0 Å². The zero-order chi connectivity index (χ0) is 32.9. The zero-order valence-electron chi connectivity index (χ0n) is 28.1. The smallest absolute Gasteiger partial charge is 0.457 e. The molecule has 0 aliphatic carbocycles. The fourth-order valence-corrected chi connectivity index (χ4v) is 8.12. The van der Waals surface area contributed by atoms with Gasteiger partial charge in [0.2, 0.25) is 0 Å². The van der Waals surface area contributed by atoms with Gasteiger partial charge in [-0.2, -0.15) is 0 Å². The number of likely N-dealkylation sites (N-methyl/N-ethyl adjacent to an activating group) is 1. The minimum Gasteiger partial charge on any atom is -0.457 e. The van der Waals surface area contributed by atoms with Crippen LogP contribution < -0.4 is 0 Å². The average molecular weight is 628 g/mol. The molecule has 0 aromatic carbocycles. The number of esters is 2. The summed E-state index contributed by atoms with van der Waals surface area (Å²) in [5.74, 6) is -3.08. The molecule has 0 saturated carbocycles. The number of carbonyl (C=O) groups excluding carboxylic acids is 3. The molecule has 0 aromatic heterocycles. The lowest BCUT2D eigenvalue weighted by molar-refractivity contribution is -0.303. The highest BCUT2D eigenvalue weighted by Gasteiger charge is 2.61. The van der Waals surface area contributed by atoms with Gasteiger partial charge in [-0.3, -0.25) is 9.59 Å². The first kappa shape index (κ1) is 34.9. The van der Waals surface area contributed by atoms with E-state index >= 15 is 0 Å². The molecule has 4 fully saturated rings. The van der Waals surface area contributed by atoms with E-state index in [1.165, 1.54) is 6.92 Å². The van der Waals surface area contributed by atoms with Crippen LogP contribution in [0, 0.1) is 23.7 Å². The molecule has 0 radical (unpaired) electrons. The number of aliphatic hydroxyl groups excluding tert-OH is 1. The summed E-state index contributed by atoms with van der Waals surface area (Å²) >= 11 is 0. The maximum Gasteiger partial charge on any atom is 0.509 e. The van der Waals surface area contributed by atoms with E-state index in [-0.39, 0.29) is 18.1 Å². The lowest BCUT2D eigenvalue weighted by Crippen LogP contribution is -2.59. The van der Waals surface area contributed by atoms with Crippen molar-refractivity contribution in [2.45, 2.75) is 148 Å². The van der Waals surface area contributed by atoms with Gasteiger partial charge < -0.3 is 43.2 Å². The molecule has 4 saturated heterocycles. The van der Waals surface area contributed by atoms with Gasteiger partial charge in [-0.05, 0) is 67.0 Å². The van der Waals surface area contributed by atoms with Gasteiger partial charge in [0, 0.05) is 18.8 Å². The lowest BCUT2D eigenvalue weighted by atomic mass is 9.76. The molecular weight excluding hydrogens is 574 g/mol. The number of rotatable bonds is 6. The normalized spacial score (nSPS) is 48.2. The van der Waals surface area contributed by atoms with Crippen LogP contribution in [0.3, 0.4) is 0 Å². The molecule has 252 valence electrons. The summed E-state index contributed by atoms with van der Waals surface area (Å²) in [5, 5.41) is 11.7. The second-order valence-electron chi connectivity index (χ2n) is 14.2. The molecule has 15 atom stereocenters. The van der Waals surface area contributed by atoms with Crippen molar-refractivity contribution in [3.05, 3.63) is 0 Å². The van der Waals surface area contributed by atoms with Crippen molar-refractivity contribution in [1.82, 2.24) is 4.90 Å². The van der Waals surface area contributed by atoms with E-state index in [0.29, 0.717) is 19.3 Å². The summed E-state index contributed by atoms with van der Waals surface area (Å²) in [6, 6.07) is -0.169. The fourth-order valence-electron chi connectivity index (χ4n) is 8.12. The second kappa shape index (κ2) is 13.0. The van der Waals surface area contributed by atoms with Crippen LogP contribution in [0.4, 0.5) is 4.79 Å². The number of carbonyl (C=O) groups is 3. The van der Waals surface area contributed by atoms with Gasteiger partial charge in [0.25, 0.3) is 0 Å². The van der Waals surface area contributed by atoms with E-state index < -0.39 is 90.0 Å². The van der Waals surface area contributed by atoms with Gasteiger partial charge >= 0.3 is 18.1 Å². The Labute approximate surface area is 261 Å². The van der Waals surface area contributed by atoms with E-state index in [4.69, 9.17) is 33.2 Å². The molecule has 0 amide bonds. The minimum atomic E-state index is -1.26. The Morgan fingerprint density at radius 3 is 2.32 bits per heavy atom. The van der Waals surface area contributed by atoms with Gasteiger partial charge in [0.1, 0.15) is 12.2 Å². The monoisotopic (exact) mass is 627 g/mol. The average Bonchev–Trinajstić information content (AvgIpc) is 3.42. The van der Waals surface area contributed by atoms with Crippen LogP contribution in [-0.4, -0.2) is 108 Å². The van der Waals surface area contributed by atoms with Crippen LogP contribution >= 0.6 is 0 Å². The van der Waals surface area contributed by atoms with Gasteiger partial charge in [-0.15, -0.1) is 0 Å². The molecule has 1 N–H and O–H groups in total. The molecule has 12 nitrogen and oxygen atoms in total. The summed E-state index contributed by atoms with van der Waals surface area (Å²) < 4.78 is 43.1. The number of fused-ring (bicyclic) bond motifs is 2. The molecule has 44 heavy (non-hydrogen) atoms. The van der Waals surface area contributed by atoms with E-state index in [0.717, 1.165) is 0 Å². The third-order valence-electron chi connectivity index (χ3n) is 10.4. The third kappa shape index (κ3) is 6.47. The Morgan fingerprint density at radius 2 is 1.73 bits per heavy atom. The number of ether oxygens (including phenoxy) is 7. The predicted octanol–water partition coefficient (Wildman–Crippen LogP) is 3.45. The Balaban J connectivity index is 1.75. The standard InChI is InChI=1S/C32H53NO11/c1-12-22-32(9,44-30(37)40-22)27-19(6)24-15(2)14-31(8,43-24)26(17(4)23(35)18(5)28(36)41-27)42-29-25(39-20(7)34)21(33(10)11)13-16(3)38-29/h15-19,21-27,29,35H,12-14H2,1-11H3/t15-,16-,17+,18-,19+,21+,22-,23+,24+,25-,26-,27-,29+,31-,32-/m1/s1. The minimum absolute atomic E-state index is 0.0183. The van der Waals surface area contributed by atoms with Gasteiger partial charge in [-0.1, -0.05) is 27.7 Å². The van der Waals surface area contributed by atoms with Crippen molar-refractivity contribution in [3.63, 3.8) is 0 Å². The Hall–Kier alpha value is -1.99. The van der Waals surface area contributed by atoms with E-state index in [9.17, 15) is 19.5 Å². The van der Waals surface area contributed by atoms with Crippen LogP contribution in [0.5, 0.6) is 0 Å². The quantitative estimate of drug-likeness (QED) is 0.341. The molecule has 4 aliphatic rings. The molecule has 0 aromatic rings. The largest absolute Gasteiger partial charge is 0.509 e. The topological polar surface area (TPSA) is 139 Å². The van der Waals surface area contributed by atoms with Gasteiger partial charge in [0.05, 0.1) is 42.0 Å². The summed E-state index contributed by atoms with van der Waals surface area (Å²) in [6.45, 7) is 16.3. The molecule has 2 bridgehead atoms. The molecule has 0 unspecified atom stereocenters. The lowest BCUT2D eigenvalue weighted by Gasteiger charge is -2.47. The molecular formula is C32H53NO11. The number of hydrogen-bond acceptors (Lipinski definition) is 12. The molecule has 4 rings (SSSR count). The Morgan fingerprint density at radius 1 is 1.07 bits per heavy atom. The number of nitrogens with zero attached hydrogens (tertiary/aromatic N) is 1. The summed E-state index contributed by atoms with van der Waals surface area (Å²) in [7, 11) is 3.84. The van der Waals surface area contributed by atoms with E-state index in [2.05, 4.69) is 6.92 Å². The summed E-state index contributed by atoms with van der Waals surface area (Å²) in [6.07, 6.45) is -4.90. The van der Waals surface area contributed by atoms with E-state index in [1.807, 2.05) is 53.6 Å². The van der Waals surface area contributed by atoms with Crippen LogP contribution in [0.1, 0.15) is 81.6 Å². The highest BCUT2D eigenvalue weighted by Crippen LogP contribution is 2.49. The highest BCUT2D eigenvalue weighted by atomic mass is 16.8.